The number of rotatable bonds is 10. The van der Waals surface area contributed by atoms with Crippen molar-refractivity contribution in [1.82, 2.24) is 9.13 Å². The Morgan fingerprint density at radius 2 is 0.748 bits per heavy atom. The molecule has 4 heterocycles. The highest BCUT2D eigenvalue weighted by molar-refractivity contribution is 7.80. The lowest BCUT2D eigenvalue weighted by Gasteiger charge is -2.25. The monoisotopic (exact) mass is 1550 g/mol. The summed E-state index contributed by atoms with van der Waals surface area (Å²) in [5.74, 6) is 0. The third-order valence-electron chi connectivity index (χ3n) is 18.4. The van der Waals surface area contributed by atoms with Gasteiger partial charge in [-0.25, -0.2) is 9.98 Å². The number of hydrogen-bond acceptors (Lipinski definition) is 20. The zero-order valence-electron chi connectivity index (χ0n) is 63.8. The van der Waals surface area contributed by atoms with Gasteiger partial charge in [0.05, 0.1) is 56.9 Å². The smallest absolute Gasteiger partial charge is 0.759 e. The Labute approximate surface area is 644 Å². The van der Waals surface area contributed by atoms with Gasteiger partial charge in [-0.2, -0.15) is 8.42 Å². The number of nitrogens with zero attached hydrogens (tertiary/aromatic N) is 10. The zero-order chi connectivity index (χ0) is 79.7. The molecule has 0 radical (unpaired) electrons. The van der Waals surface area contributed by atoms with Crippen molar-refractivity contribution >= 4 is 110 Å². The second-order valence-electron chi connectivity index (χ2n) is 27.2. The standard InChI is InChI=1S/2C41H36N6O.3H2O4S/c2*1-26-16-18-31-33(20-26)43-34-21-27(17-19-32(34)42-31)30-22-36-37(23-35(30)44(2)3)47(29-14-10-7-11-15-29)39-25-41(48)40(45(4)5)24-38(39)46(36)28-12-8-6-9-13-28;3*1-5(2,3)4/h2*6-15,17-25H,16H2,1-5H3;3*(H2,1,2,3,4). The summed E-state index contributed by atoms with van der Waals surface area (Å²) >= 11 is 0. The summed E-state index contributed by atoms with van der Waals surface area (Å²) in [5, 5.41) is 7.20. The molecule has 8 aromatic rings. The van der Waals surface area contributed by atoms with Crippen LogP contribution in [0.4, 0.5) is 45.5 Å². The highest BCUT2D eigenvalue weighted by Gasteiger charge is 2.34. The lowest BCUT2D eigenvalue weighted by molar-refractivity contribution is -0.556. The molecular formula is C82H78N12O14S3. The molecule has 0 spiro atoms. The molecule has 8 aromatic carbocycles. The van der Waals surface area contributed by atoms with Crippen LogP contribution < -0.4 is 50.2 Å². The molecule has 0 bridgehead atoms. The SMILES string of the molecule is CC1=CC2=Nc3cc(-c4cc5c(cc4N(C)C)n(-c4ccccc4)c4cc(=O)c(N(C)C)cc-4[n+]5-c4ccccc4)ccc3NC2=CC1.CC1=CC2=Nc3cc(-c4cc5c(cc4N(C)C)n(-c4ccccc4)c4cc(=O)c(N(C)C)cc-4[n+]5-c4ccccc4)ccc3NC2=CC1.O=S(=O)(O)O.O=S(=O)([O-])[O-].O=S(=O)([O-])[O-].[H+].[H+]. The fourth-order valence-electron chi connectivity index (χ4n) is 13.7. The Balaban J connectivity index is 0.000000200. The third kappa shape index (κ3) is 17.9. The van der Waals surface area contributed by atoms with Crippen molar-refractivity contribution in [3.8, 4) is 67.8 Å². The van der Waals surface area contributed by atoms with Crippen molar-refractivity contribution in [1.29, 1.82) is 0 Å². The number of aliphatic imine (C=N–C) groups is 2. The molecule has 29 heteroatoms. The molecule has 568 valence electrons. The van der Waals surface area contributed by atoms with E-state index >= 15 is 0 Å². The Bertz CT molecular complexity index is 5870. The molecule has 0 atom stereocenters. The first-order chi connectivity index (χ1) is 52.5. The summed E-state index contributed by atoms with van der Waals surface area (Å²) < 4.78 is 109. The first kappa shape index (κ1) is 78.3. The molecule has 0 unspecified atom stereocenters. The second-order valence-corrected chi connectivity index (χ2v) is 29.7. The summed E-state index contributed by atoms with van der Waals surface area (Å²) in [6.45, 7) is 4.29. The van der Waals surface area contributed by atoms with Crippen molar-refractivity contribution < 1.29 is 64.6 Å². The molecule has 4 N–H and O–H groups in total. The Hall–Kier alpha value is -12.3. The largest absolute Gasteiger partial charge is 1.00 e. The summed E-state index contributed by atoms with van der Waals surface area (Å²) in [6, 6.07) is 71.0. The van der Waals surface area contributed by atoms with Gasteiger partial charge in [0.15, 0.2) is 0 Å². The quantitative estimate of drug-likeness (QED) is 0.0427. The number of aromatic nitrogens is 4. The Kier molecular flexibility index (Phi) is 22.4. The maximum absolute atomic E-state index is 13.6. The highest BCUT2D eigenvalue weighted by Crippen LogP contribution is 2.45. The maximum Gasteiger partial charge on any atom is 1.00 e. The van der Waals surface area contributed by atoms with Gasteiger partial charge in [-0.1, -0.05) is 108 Å². The van der Waals surface area contributed by atoms with E-state index in [9.17, 15) is 9.59 Å². The van der Waals surface area contributed by atoms with Crippen LogP contribution in [-0.2, 0) is 31.2 Å². The van der Waals surface area contributed by atoms with Crippen LogP contribution in [0.15, 0.2) is 273 Å². The van der Waals surface area contributed by atoms with E-state index < -0.39 is 31.2 Å². The maximum atomic E-state index is 13.6. The fraction of sp³-hybridized carbons (Fsp3) is 0.146. The number of anilines is 6. The van der Waals surface area contributed by atoms with E-state index in [0.29, 0.717) is 11.4 Å². The normalized spacial score (nSPS) is 13.4. The third-order valence-corrected chi connectivity index (χ3v) is 18.4. The first-order valence-corrected chi connectivity index (χ1v) is 38.5. The van der Waals surface area contributed by atoms with Crippen molar-refractivity contribution in [2.75, 3.05) is 86.6 Å². The van der Waals surface area contributed by atoms with Gasteiger partial charge in [-0.3, -0.25) is 44.7 Å². The summed E-state index contributed by atoms with van der Waals surface area (Å²) in [7, 11) is 0.986. The van der Waals surface area contributed by atoms with E-state index in [2.05, 4.69) is 239 Å². The minimum atomic E-state index is -5.17. The molecule has 0 saturated carbocycles. The van der Waals surface area contributed by atoms with E-state index in [4.69, 9.17) is 62.6 Å². The molecule has 16 rings (SSSR count). The van der Waals surface area contributed by atoms with E-state index in [1.165, 1.54) is 11.1 Å². The number of nitrogens with one attached hydrogen (secondary N) is 2. The van der Waals surface area contributed by atoms with Gasteiger partial charge in [0.2, 0.25) is 44.7 Å². The predicted octanol–water partition coefficient (Wildman–Crippen LogP) is 12.7. The van der Waals surface area contributed by atoms with E-state index in [-0.39, 0.29) is 13.7 Å². The van der Waals surface area contributed by atoms with Crippen LogP contribution in [0.5, 0.6) is 0 Å². The lowest BCUT2D eigenvalue weighted by atomic mass is 9.97. The predicted molar refractivity (Wildman–Crippen MR) is 435 cm³/mol. The van der Waals surface area contributed by atoms with Gasteiger partial charge in [0, 0.05) is 172 Å². The lowest BCUT2D eigenvalue weighted by Crippen LogP contribution is -2.38. The minimum Gasteiger partial charge on any atom is -0.759 e. The second kappa shape index (κ2) is 31.7. The van der Waals surface area contributed by atoms with Crippen LogP contribution >= 0.6 is 0 Å². The van der Waals surface area contributed by atoms with Crippen LogP contribution in [-0.4, -0.2) is 130 Å². The molecule has 0 aromatic heterocycles. The number of benzene rings is 10. The van der Waals surface area contributed by atoms with Gasteiger partial charge in [0.1, 0.15) is 22.4 Å². The van der Waals surface area contributed by atoms with Crippen LogP contribution in [0, 0.1) is 0 Å². The van der Waals surface area contributed by atoms with Gasteiger partial charge < -0.3 is 48.4 Å². The first-order valence-electron chi connectivity index (χ1n) is 34.5. The molecule has 4 aliphatic carbocycles. The minimum absolute atomic E-state index is 0. The molecule has 8 aliphatic rings. The molecular weight excluding hydrogens is 1470 g/mol. The highest BCUT2D eigenvalue weighted by atomic mass is 32.3. The number of fused-ring (bicyclic) bond motifs is 8. The van der Waals surface area contributed by atoms with Crippen molar-refractivity contribution in [2.24, 2.45) is 9.98 Å². The number of para-hydroxylation sites is 4. The molecule has 4 aliphatic heterocycles. The number of hydrogen-bond donors (Lipinski definition) is 4. The van der Waals surface area contributed by atoms with Crippen LogP contribution in [0.2, 0.25) is 0 Å². The van der Waals surface area contributed by atoms with Crippen molar-refractivity contribution in [3.63, 3.8) is 0 Å². The van der Waals surface area contributed by atoms with Crippen molar-refractivity contribution in [3.05, 3.63) is 274 Å². The molecule has 0 fully saturated rings. The van der Waals surface area contributed by atoms with Crippen molar-refractivity contribution in [2.45, 2.75) is 26.7 Å². The molecule has 0 saturated heterocycles. The van der Waals surface area contributed by atoms with Crippen LogP contribution in [0.3, 0.4) is 0 Å². The van der Waals surface area contributed by atoms with Gasteiger partial charge in [0.25, 0.3) is 0 Å². The Morgan fingerprint density at radius 1 is 0.432 bits per heavy atom. The topological polar surface area (TPSA) is 349 Å². The van der Waals surface area contributed by atoms with E-state index in [1.54, 1.807) is 12.1 Å². The van der Waals surface area contributed by atoms with Gasteiger partial charge in [-0.05, 0) is 111 Å². The summed E-state index contributed by atoms with van der Waals surface area (Å²) in [5.41, 5.74) is 29.7. The van der Waals surface area contributed by atoms with Gasteiger partial charge in [-0.15, -0.1) is 9.13 Å². The fourth-order valence-corrected chi connectivity index (χ4v) is 13.7. The number of allylic oxidation sites excluding steroid dienone is 6. The molecule has 26 nitrogen and oxygen atoms in total. The average molecular weight is 1550 g/mol. The Morgan fingerprint density at radius 3 is 1.06 bits per heavy atom. The van der Waals surface area contributed by atoms with Gasteiger partial charge >= 0.3 is 13.3 Å². The van der Waals surface area contributed by atoms with E-state index in [1.807, 2.05) is 98.7 Å². The average Bonchev–Trinajstić information content (AvgIpc) is 0.723. The summed E-state index contributed by atoms with van der Waals surface area (Å²) in [6.07, 6.45) is 10.6. The van der Waals surface area contributed by atoms with Crippen LogP contribution in [0.25, 0.3) is 89.8 Å². The molecule has 111 heavy (non-hydrogen) atoms. The molecule has 0 amide bonds. The zero-order valence-corrected chi connectivity index (χ0v) is 64.3. The summed E-state index contributed by atoms with van der Waals surface area (Å²) in [4.78, 5) is 45.4. The van der Waals surface area contributed by atoms with E-state index in [0.717, 1.165) is 160 Å². The van der Waals surface area contributed by atoms with Crippen LogP contribution in [0.1, 0.15) is 29.5 Å².